The Kier molecular flexibility index (Phi) is 5.25. The number of rotatable bonds is 4. The third-order valence-electron chi connectivity index (χ3n) is 3.28. The molecular formula is C16H17ClIN. The van der Waals surface area contributed by atoms with Crippen molar-refractivity contribution in [1.29, 1.82) is 0 Å². The molecule has 0 heterocycles. The summed E-state index contributed by atoms with van der Waals surface area (Å²) in [5.74, 6) is 0. The van der Waals surface area contributed by atoms with Gasteiger partial charge in [0.2, 0.25) is 0 Å². The molecule has 0 saturated carbocycles. The third-order valence-corrected chi connectivity index (χ3v) is 4.50. The number of halogens is 2. The van der Waals surface area contributed by atoms with Gasteiger partial charge in [0.25, 0.3) is 0 Å². The zero-order valence-corrected chi connectivity index (χ0v) is 14.0. The van der Waals surface area contributed by atoms with Crippen LogP contribution in [0.1, 0.15) is 29.7 Å². The summed E-state index contributed by atoms with van der Waals surface area (Å²) in [5.41, 5.74) is 3.85. The average Bonchev–Trinajstić information content (AvgIpc) is 2.44. The van der Waals surface area contributed by atoms with E-state index in [2.05, 4.69) is 65.2 Å². The van der Waals surface area contributed by atoms with Crippen molar-refractivity contribution in [1.82, 2.24) is 5.32 Å². The Morgan fingerprint density at radius 1 is 1.16 bits per heavy atom. The van der Waals surface area contributed by atoms with Crippen LogP contribution < -0.4 is 5.32 Å². The molecule has 0 aliphatic heterocycles. The lowest BCUT2D eigenvalue weighted by atomic mass is 9.97. The van der Waals surface area contributed by atoms with E-state index in [1.807, 2.05) is 19.2 Å². The van der Waals surface area contributed by atoms with Crippen molar-refractivity contribution in [3.8, 4) is 0 Å². The van der Waals surface area contributed by atoms with Gasteiger partial charge in [0.05, 0.1) is 6.04 Å². The molecule has 3 heteroatoms. The molecule has 2 aromatic carbocycles. The van der Waals surface area contributed by atoms with E-state index in [4.69, 9.17) is 11.6 Å². The normalized spacial score (nSPS) is 12.4. The molecule has 0 aliphatic rings. The van der Waals surface area contributed by atoms with Gasteiger partial charge in [0, 0.05) is 8.59 Å². The van der Waals surface area contributed by atoms with Crippen molar-refractivity contribution in [3.05, 3.63) is 67.7 Å². The SMILES string of the molecule is CCc1ccc(C(NC)c2cc(Cl)ccc2I)cc1. The van der Waals surface area contributed by atoms with Gasteiger partial charge in [-0.3, -0.25) is 0 Å². The minimum atomic E-state index is 0.177. The van der Waals surface area contributed by atoms with E-state index >= 15 is 0 Å². The van der Waals surface area contributed by atoms with Gasteiger partial charge < -0.3 is 5.32 Å². The Labute approximate surface area is 133 Å². The van der Waals surface area contributed by atoms with Gasteiger partial charge in [-0.1, -0.05) is 42.8 Å². The summed E-state index contributed by atoms with van der Waals surface area (Å²) in [6, 6.07) is 15.0. The lowest BCUT2D eigenvalue weighted by molar-refractivity contribution is 0.688. The van der Waals surface area contributed by atoms with Crippen LogP contribution in [0.2, 0.25) is 5.02 Å². The van der Waals surface area contributed by atoms with Crippen LogP contribution in [0.4, 0.5) is 0 Å². The smallest absolute Gasteiger partial charge is 0.0585 e. The highest BCUT2D eigenvalue weighted by Gasteiger charge is 2.15. The van der Waals surface area contributed by atoms with Crippen molar-refractivity contribution in [2.45, 2.75) is 19.4 Å². The lowest BCUT2D eigenvalue weighted by Gasteiger charge is -2.19. The van der Waals surface area contributed by atoms with Crippen molar-refractivity contribution < 1.29 is 0 Å². The van der Waals surface area contributed by atoms with Crippen molar-refractivity contribution >= 4 is 34.2 Å². The summed E-state index contributed by atoms with van der Waals surface area (Å²) in [6.45, 7) is 2.17. The molecule has 1 atom stereocenters. The summed E-state index contributed by atoms with van der Waals surface area (Å²) in [4.78, 5) is 0. The standard InChI is InChI=1S/C16H17ClIN/c1-3-11-4-6-12(7-5-11)16(19-2)14-10-13(17)8-9-15(14)18/h4-10,16,19H,3H2,1-2H3. The molecule has 0 saturated heterocycles. The fourth-order valence-electron chi connectivity index (χ4n) is 2.18. The summed E-state index contributed by atoms with van der Waals surface area (Å²) in [6.07, 6.45) is 1.07. The molecule has 1 nitrogen and oxygen atoms in total. The second-order valence-electron chi connectivity index (χ2n) is 4.48. The third kappa shape index (κ3) is 3.50. The zero-order valence-electron chi connectivity index (χ0n) is 11.1. The van der Waals surface area contributed by atoms with E-state index < -0.39 is 0 Å². The highest BCUT2D eigenvalue weighted by atomic mass is 127. The molecule has 1 unspecified atom stereocenters. The number of aryl methyl sites for hydroxylation is 1. The first-order chi connectivity index (χ1) is 9.15. The predicted molar refractivity (Wildman–Crippen MR) is 90.9 cm³/mol. The maximum Gasteiger partial charge on any atom is 0.0585 e. The molecule has 0 amide bonds. The minimum absolute atomic E-state index is 0.177. The number of hydrogen-bond donors (Lipinski definition) is 1. The molecule has 2 rings (SSSR count). The number of hydrogen-bond acceptors (Lipinski definition) is 1. The van der Waals surface area contributed by atoms with Crippen LogP contribution in [0.5, 0.6) is 0 Å². The van der Waals surface area contributed by atoms with Gasteiger partial charge in [0.1, 0.15) is 0 Å². The highest BCUT2D eigenvalue weighted by Crippen LogP contribution is 2.28. The van der Waals surface area contributed by atoms with E-state index in [1.165, 1.54) is 20.3 Å². The summed E-state index contributed by atoms with van der Waals surface area (Å²) < 4.78 is 1.22. The maximum absolute atomic E-state index is 6.12. The zero-order chi connectivity index (χ0) is 13.8. The molecule has 0 spiro atoms. The Morgan fingerprint density at radius 2 is 1.84 bits per heavy atom. The van der Waals surface area contributed by atoms with Gasteiger partial charge in [-0.25, -0.2) is 0 Å². The van der Waals surface area contributed by atoms with E-state index in [0.717, 1.165) is 11.4 Å². The molecular weight excluding hydrogens is 369 g/mol. The molecule has 1 N–H and O–H groups in total. The van der Waals surface area contributed by atoms with Gasteiger partial charge in [-0.05, 0) is 70.9 Å². The first-order valence-electron chi connectivity index (χ1n) is 6.36. The van der Waals surface area contributed by atoms with Crippen molar-refractivity contribution in [2.75, 3.05) is 7.05 Å². The monoisotopic (exact) mass is 385 g/mol. The first kappa shape index (κ1) is 14.8. The molecule has 0 fully saturated rings. The fourth-order valence-corrected chi connectivity index (χ4v) is 3.01. The largest absolute Gasteiger partial charge is 0.309 e. The summed E-state index contributed by atoms with van der Waals surface area (Å²) in [7, 11) is 1.98. The molecule has 19 heavy (non-hydrogen) atoms. The van der Waals surface area contributed by atoms with Crippen LogP contribution in [0, 0.1) is 3.57 Å². The summed E-state index contributed by atoms with van der Waals surface area (Å²) >= 11 is 8.48. The molecule has 100 valence electrons. The topological polar surface area (TPSA) is 12.0 Å². The summed E-state index contributed by atoms with van der Waals surface area (Å²) in [5, 5.41) is 4.16. The molecule has 0 radical (unpaired) electrons. The molecule has 0 aliphatic carbocycles. The Hall–Kier alpha value is -0.580. The molecule has 0 bridgehead atoms. The van der Waals surface area contributed by atoms with Crippen LogP contribution in [0.15, 0.2) is 42.5 Å². The van der Waals surface area contributed by atoms with E-state index in [1.54, 1.807) is 0 Å². The van der Waals surface area contributed by atoms with Gasteiger partial charge in [0.15, 0.2) is 0 Å². The van der Waals surface area contributed by atoms with Crippen LogP contribution in [0.25, 0.3) is 0 Å². The van der Waals surface area contributed by atoms with Crippen LogP contribution in [-0.4, -0.2) is 7.05 Å². The minimum Gasteiger partial charge on any atom is -0.309 e. The first-order valence-corrected chi connectivity index (χ1v) is 7.82. The second kappa shape index (κ2) is 6.73. The Bertz CT molecular complexity index is 551. The Balaban J connectivity index is 2.40. The highest BCUT2D eigenvalue weighted by molar-refractivity contribution is 14.1. The average molecular weight is 386 g/mol. The quantitative estimate of drug-likeness (QED) is 0.744. The van der Waals surface area contributed by atoms with Crippen LogP contribution in [0.3, 0.4) is 0 Å². The molecule has 0 aromatic heterocycles. The number of benzene rings is 2. The van der Waals surface area contributed by atoms with Crippen molar-refractivity contribution in [3.63, 3.8) is 0 Å². The predicted octanol–water partition coefficient (Wildman–Crippen LogP) is 4.82. The van der Waals surface area contributed by atoms with E-state index in [0.29, 0.717) is 0 Å². The lowest BCUT2D eigenvalue weighted by Crippen LogP contribution is -2.18. The number of nitrogens with one attached hydrogen (secondary N) is 1. The maximum atomic E-state index is 6.12. The second-order valence-corrected chi connectivity index (χ2v) is 6.08. The van der Waals surface area contributed by atoms with Crippen LogP contribution >= 0.6 is 34.2 Å². The fraction of sp³-hybridized carbons (Fsp3) is 0.250. The van der Waals surface area contributed by atoms with Gasteiger partial charge >= 0.3 is 0 Å². The molecule has 2 aromatic rings. The van der Waals surface area contributed by atoms with E-state index in [-0.39, 0.29) is 6.04 Å². The van der Waals surface area contributed by atoms with Crippen LogP contribution in [-0.2, 0) is 6.42 Å². The van der Waals surface area contributed by atoms with E-state index in [9.17, 15) is 0 Å². The van der Waals surface area contributed by atoms with Gasteiger partial charge in [-0.15, -0.1) is 0 Å². The Morgan fingerprint density at radius 3 is 2.42 bits per heavy atom. The van der Waals surface area contributed by atoms with Gasteiger partial charge in [-0.2, -0.15) is 0 Å². The van der Waals surface area contributed by atoms with Crippen molar-refractivity contribution in [2.24, 2.45) is 0 Å².